The number of aliphatic carboxylic acids is 1. The van der Waals surface area contributed by atoms with Crippen LogP contribution < -0.4 is 4.90 Å². The van der Waals surface area contributed by atoms with E-state index >= 15 is 0 Å². The molecule has 3 heterocycles. The van der Waals surface area contributed by atoms with E-state index in [1.165, 1.54) is 9.80 Å². The first-order chi connectivity index (χ1) is 15.0. The third-order valence-electron chi connectivity index (χ3n) is 6.92. The zero-order chi connectivity index (χ0) is 22.0. The van der Waals surface area contributed by atoms with Crippen LogP contribution in [0.3, 0.4) is 0 Å². The summed E-state index contributed by atoms with van der Waals surface area (Å²) >= 11 is 0. The van der Waals surface area contributed by atoms with Gasteiger partial charge in [-0.3, -0.25) is 24.4 Å². The van der Waals surface area contributed by atoms with Crippen molar-refractivity contribution in [2.24, 2.45) is 5.92 Å². The molecule has 2 aliphatic heterocycles. The second kappa shape index (κ2) is 9.30. The number of fused-ring (bicyclic) bond motifs is 1. The SMILES string of the molecule is CCN1CCc2ncc(N3CC(=O)N(C4CCC(CCC(=O)O)CC4)C3=O)nc2CC1. The number of anilines is 1. The number of rotatable bonds is 6. The van der Waals surface area contributed by atoms with Gasteiger partial charge in [0.05, 0.1) is 17.6 Å². The van der Waals surface area contributed by atoms with Gasteiger partial charge in [0.25, 0.3) is 5.91 Å². The highest BCUT2D eigenvalue weighted by Crippen LogP contribution is 2.33. The Labute approximate surface area is 182 Å². The Morgan fingerprint density at radius 2 is 1.84 bits per heavy atom. The number of likely N-dealkylation sites (N-methyl/N-ethyl adjacent to an activating group) is 1. The number of carbonyl (C=O) groups excluding carboxylic acids is 2. The average molecular weight is 430 g/mol. The Bertz CT molecular complexity index is 852. The summed E-state index contributed by atoms with van der Waals surface area (Å²) in [5, 5.41) is 8.87. The molecule has 1 N–H and O–H groups in total. The van der Waals surface area contributed by atoms with Gasteiger partial charge in [-0.2, -0.15) is 0 Å². The van der Waals surface area contributed by atoms with E-state index in [1.807, 2.05) is 0 Å². The van der Waals surface area contributed by atoms with E-state index in [-0.39, 0.29) is 30.9 Å². The maximum absolute atomic E-state index is 13.1. The molecule has 0 bridgehead atoms. The number of hydrogen-bond acceptors (Lipinski definition) is 6. The predicted molar refractivity (Wildman–Crippen MR) is 114 cm³/mol. The highest BCUT2D eigenvalue weighted by atomic mass is 16.4. The van der Waals surface area contributed by atoms with Gasteiger partial charge in [-0.15, -0.1) is 0 Å². The van der Waals surface area contributed by atoms with Crippen LogP contribution in [0.2, 0.25) is 0 Å². The molecule has 0 aromatic carbocycles. The van der Waals surface area contributed by atoms with Gasteiger partial charge in [-0.05, 0) is 44.6 Å². The molecular weight excluding hydrogens is 398 g/mol. The second-order valence-electron chi connectivity index (χ2n) is 8.80. The first kappa shape index (κ1) is 21.7. The van der Waals surface area contributed by atoms with E-state index in [0.29, 0.717) is 18.2 Å². The fraction of sp³-hybridized carbons (Fsp3) is 0.682. The van der Waals surface area contributed by atoms with Crippen molar-refractivity contribution in [2.45, 2.75) is 64.3 Å². The van der Waals surface area contributed by atoms with Crippen molar-refractivity contribution in [3.05, 3.63) is 17.6 Å². The number of aromatic nitrogens is 2. The number of carboxylic acids is 1. The first-order valence-electron chi connectivity index (χ1n) is 11.4. The van der Waals surface area contributed by atoms with E-state index in [4.69, 9.17) is 10.1 Å². The van der Waals surface area contributed by atoms with Gasteiger partial charge in [0.2, 0.25) is 0 Å². The fourth-order valence-corrected chi connectivity index (χ4v) is 5.01. The molecule has 31 heavy (non-hydrogen) atoms. The largest absolute Gasteiger partial charge is 0.481 e. The summed E-state index contributed by atoms with van der Waals surface area (Å²) in [4.78, 5) is 51.2. The lowest BCUT2D eigenvalue weighted by Crippen LogP contribution is -2.43. The van der Waals surface area contributed by atoms with Gasteiger partial charge in [-0.25, -0.2) is 9.78 Å². The minimum Gasteiger partial charge on any atom is -0.481 e. The maximum Gasteiger partial charge on any atom is 0.333 e. The molecule has 3 aliphatic rings. The molecule has 2 fully saturated rings. The lowest BCUT2D eigenvalue weighted by Gasteiger charge is -2.33. The van der Waals surface area contributed by atoms with Gasteiger partial charge in [0, 0.05) is 38.4 Å². The monoisotopic (exact) mass is 429 g/mol. The van der Waals surface area contributed by atoms with Crippen LogP contribution in [0.25, 0.3) is 0 Å². The highest BCUT2D eigenvalue weighted by Gasteiger charge is 2.43. The van der Waals surface area contributed by atoms with Crippen LogP contribution in [0.1, 0.15) is 56.8 Å². The Balaban J connectivity index is 1.41. The smallest absolute Gasteiger partial charge is 0.333 e. The van der Waals surface area contributed by atoms with Gasteiger partial charge in [0.15, 0.2) is 5.82 Å². The summed E-state index contributed by atoms with van der Waals surface area (Å²) in [6, 6.07) is -0.421. The van der Waals surface area contributed by atoms with E-state index in [0.717, 1.165) is 69.5 Å². The molecule has 0 atom stereocenters. The predicted octanol–water partition coefficient (Wildman–Crippen LogP) is 2.09. The summed E-state index contributed by atoms with van der Waals surface area (Å²) in [6.07, 6.45) is 7.27. The lowest BCUT2D eigenvalue weighted by atomic mass is 9.83. The molecule has 0 spiro atoms. The third-order valence-corrected chi connectivity index (χ3v) is 6.92. The second-order valence-corrected chi connectivity index (χ2v) is 8.80. The zero-order valence-electron chi connectivity index (χ0n) is 18.1. The molecule has 9 nitrogen and oxygen atoms in total. The molecule has 0 unspecified atom stereocenters. The van der Waals surface area contributed by atoms with E-state index in [2.05, 4.69) is 16.8 Å². The number of carboxylic acid groups (broad SMARTS) is 1. The summed E-state index contributed by atoms with van der Waals surface area (Å²) in [7, 11) is 0. The maximum atomic E-state index is 13.1. The van der Waals surface area contributed by atoms with Gasteiger partial charge < -0.3 is 10.0 Å². The van der Waals surface area contributed by atoms with Crippen molar-refractivity contribution in [3.8, 4) is 0 Å². The quantitative estimate of drug-likeness (QED) is 0.690. The molecule has 4 rings (SSSR count). The van der Waals surface area contributed by atoms with E-state index in [1.54, 1.807) is 6.20 Å². The van der Waals surface area contributed by atoms with Crippen molar-refractivity contribution >= 4 is 23.7 Å². The minimum atomic E-state index is -0.771. The number of carbonyl (C=O) groups is 3. The Morgan fingerprint density at radius 3 is 2.52 bits per heavy atom. The zero-order valence-corrected chi connectivity index (χ0v) is 18.1. The number of nitrogens with zero attached hydrogens (tertiary/aromatic N) is 5. The molecular formula is C22H31N5O4. The van der Waals surface area contributed by atoms with E-state index < -0.39 is 5.97 Å². The summed E-state index contributed by atoms with van der Waals surface area (Å²) in [6.45, 7) is 5.03. The van der Waals surface area contributed by atoms with Crippen LogP contribution in [0.4, 0.5) is 10.6 Å². The van der Waals surface area contributed by atoms with Crippen LogP contribution >= 0.6 is 0 Å². The van der Waals surface area contributed by atoms with Gasteiger partial charge in [0.1, 0.15) is 6.54 Å². The molecule has 1 saturated carbocycles. The normalized spacial score (nSPS) is 24.9. The first-order valence-corrected chi connectivity index (χ1v) is 11.4. The average Bonchev–Trinajstić information content (AvgIpc) is 2.94. The van der Waals surface area contributed by atoms with Crippen LogP contribution in [-0.4, -0.2) is 75.0 Å². The van der Waals surface area contributed by atoms with E-state index in [9.17, 15) is 14.4 Å². The van der Waals surface area contributed by atoms with Gasteiger partial charge >= 0.3 is 12.0 Å². The van der Waals surface area contributed by atoms with Crippen LogP contribution in [0.15, 0.2) is 6.20 Å². The summed E-state index contributed by atoms with van der Waals surface area (Å²) in [5.74, 6) is -0.145. The Kier molecular flexibility index (Phi) is 6.50. The highest BCUT2D eigenvalue weighted by molar-refractivity contribution is 6.12. The molecule has 1 aliphatic carbocycles. The molecule has 9 heteroatoms. The molecule has 3 amide bonds. The van der Waals surface area contributed by atoms with Crippen molar-refractivity contribution in [1.29, 1.82) is 0 Å². The number of imide groups is 1. The standard InChI is InChI=1S/C22H31N5O4/c1-2-25-11-9-17-18(10-12-25)24-19(13-23-17)26-14-20(28)27(22(26)31)16-6-3-15(4-7-16)5-8-21(29)30/h13,15-16H,2-12,14H2,1H3,(H,29,30). The Morgan fingerprint density at radius 1 is 1.13 bits per heavy atom. The van der Waals surface area contributed by atoms with Gasteiger partial charge in [-0.1, -0.05) is 6.92 Å². The molecule has 1 saturated heterocycles. The van der Waals surface area contributed by atoms with Crippen molar-refractivity contribution in [3.63, 3.8) is 0 Å². The number of hydrogen-bond donors (Lipinski definition) is 1. The van der Waals surface area contributed by atoms with Crippen LogP contribution in [0, 0.1) is 5.92 Å². The molecule has 0 radical (unpaired) electrons. The third kappa shape index (κ3) is 4.71. The van der Waals surface area contributed by atoms with Crippen molar-refractivity contribution in [2.75, 3.05) is 31.1 Å². The summed E-state index contributed by atoms with van der Waals surface area (Å²) < 4.78 is 0. The minimum absolute atomic E-state index is 0.00628. The number of urea groups is 1. The van der Waals surface area contributed by atoms with Crippen molar-refractivity contribution < 1.29 is 19.5 Å². The van der Waals surface area contributed by atoms with Crippen LogP contribution in [0.5, 0.6) is 0 Å². The molecule has 168 valence electrons. The summed E-state index contributed by atoms with van der Waals surface area (Å²) in [5.41, 5.74) is 1.90. The van der Waals surface area contributed by atoms with Crippen LogP contribution in [-0.2, 0) is 22.4 Å². The lowest BCUT2D eigenvalue weighted by molar-refractivity contribution is -0.137. The number of amides is 3. The Hall–Kier alpha value is -2.55. The molecule has 1 aromatic rings. The fourth-order valence-electron chi connectivity index (χ4n) is 5.01. The molecule has 1 aromatic heterocycles. The topological polar surface area (TPSA) is 107 Å². The van der Waals surface area contributed by atoms with Crippen molar-refractivity contribution in [1.82, 2.24) is 19.8 Å².